The lowest BCUT2D eigenvalue weighted by molar-refractivity contribution is -0.131. The van der Waals surface area contributed by atoms with Crippen LogP contribution in [0, 0.1) is 0 Å². The van der Waals surface area contributed by atoms with Gasteiger partial charge in [0.2, 0.25) is 0 Å². The van der Waals surface area contributed by atoms with Gasteiger partial charge in [-0.1, -0.05) is 62.9 Å². The number of hydrogen-bond acceptors (Lipinski definition) is 5. The number of hydrogen-bond donors (Lipinski definition) is 1. The average molecular weight is 469 g/mol. The molecule has 0 unspecified atom stereocenters. The summed E-state index contributed by atoms with van der Waals surface area (Å²) in [6.07, 6.45) is 18.5. The average Bonchev–Trinajstić information content (AvgIpc) is 2.85. The number of ether oxygens (including phenoxy) is 2. The zero-order valence-corrected chi connectivity index (χ0v) is 20.6. The predicted molar refractivity (Wildman–Crippen MR) is 136 cm³/mol. The predicted octanol–water partition coefficient (Wildman–Crippen LogP) is 6.64. The molecular formula is C28H40N2O4. The fraction of sp³-hybridized carbons (Fsp3) is 0.536. The minimum atomic E-state index is -0.862. The molecule has 34 heavy (non-hydrogen) atoms. The summed E-state index contributed by atoms with van der Waals surface area (Å²) in [4.78, 5) is 19.3. The number of rotatable bonds is 19. The van der Waals surface area contributed by atoms with E-state index >= 15 is 0 Å². The van der Waals surface area contributed by atoms with Gasteiger partial charge < -0.3 is 14.6 Å². The van der Waals surface area contributed by atoms with Gasteiger partial charge in [-0.2, -0.15) is 0 Å². The summed E-state index contributed by atoms with van der Waals surface area (Å²) in [5.41, 5.74) is 2.35. The van der Waals surface area contributed by atoms with Crippen molar-refractivity contribution < 1.29 is 19.4 Å². The molecule has 6 nitrogen and oxygen atoms in total. The monoisotopic (exact) mass is 468 g/mol. The van der Waals surface area contributed by atoms with E-state index in [1.54, 1.807) is 18.5 Å². The third kappa shape index (κ3) is 12.5. The lowest BCUT2D eigenvalue weighted by Gasteiger charge is -2.07. The number of nitrogens with zero attached hydrogens (tertiary/aromatic N) is 2. The van der Waals surface area contributed by atoms with Crippen molar-refractivity contribution in [2.75, 3.05) is 19.8 Å². The molecule has 0 aliphatic rings. The van der Waals surface area contributed by atoms with E-state index in [1.165, 1.54) is 37.3 Å². The van der Waals surface area contributed by atoms with Crippen LogP contribution in [0.2, 0.25) is 0 Å². The summed E-state index contributed by atoms with van der Waals surface area (Å²) >= 11 is 0. The molecule has 186 valence electrons. The van der Waals surface area contributed by atoms with Crippen LogP contribution < -0.4 is 4.74 Å². The molecule has 0 atom stereocenters. The fourth-order valence-electron chi connectivity index (χ4n) is 3.59. The first-order valence-corrected chi connectivity index (χ1v) is 12.7. The molecule has 0 fully saturated rings. The number of allylic oxidation sites excluding steroid dienone is 1. The number of carbonyl (C=O) groups is 1. The van der Waals surface area contributed by atoms with Gasteiger partial charge >= 0.3 is 5.97 Å². The Morgan fingerprint density at radius 1 is 0.882 bits per heavy atom. The van der Waals surface area contributed by atoms with E-state index in [-0.39, 0.29) is 0 Å². The first-order chi connectivity index (χ1) is 16.7. The fourth-order valence-corrected chi connectivity index (χ4v) is 3.59. The van der Waals surface area contributed by atoms with Crippen LogP contribution >= 0.6 is 0 Å². The first kappa shape index (κ1) is 27.5. The Hall–Kier alpha value is -2.73. The van der Waals surface area contributed by atoms with E-state index in [4.69, 9.17) is 14.6 Å². The molecule has 0 bridgehead atoms. The van der Waals surface area contributed by atoms with Crippen LogP contribution in [-0.2, 0) is 16.0 Å². The molecule has 0 aliphatic carbocycles. The Balaban J connectivity index is 1.58. The van der Waals surface area contributed by atoms with Gasteiger partial charge in [0.15, 0.2) is 11.6 Å². The van der Waals surface area contributed by atoms with Crippen molar-refractivity contribution in [1.29, 1.82) is 0 Å². The second kappa shape index (κ2) is 17.7. The molecule has 0 amide bonds. The Morgan fingerprint density at radius 3 is 2.26 bits per heavy atom. The molecule has 1 aromatic heterocycles. The van der Waals surface area contributed by atoms with Crippen molar-refractivity contribution in [3.8, 4) is 17.1 Å². The molecule has 0 spiro atoms. The molecule has 1 heterocycles. The van der Waals surface area contributed by atoms with E-state index in [0.29, 0.717) is 18.2 Å². The van der Waals surface area contributed by atoms with Gasteiger partial charge in [0, 0.05) is 24.9 Å². The highest BCUT2D eigenvalue weighted by Gasteiger charge is 2.03. The highest BCUT2D eigenvalue weighted by molar-refractivity contribution is 5.79. The number of unbranched alkanes of at least 4 members (excludes halogenated alkanes) is 7. The van der Waals surface area contributed by atoms with Crippen molar-refractivity contribution in [1.82, 2.24) is 9.97 Å². The SMILES string of the molecule is CCCOCCCCOc1cnc(-c2ccc(CCCCCCCC/C=C/C(=O)O)cc2)nc1. The summed E-state index contributed by atoms with van der Waals surface area (Å²) in [6.45, 7) is 4.38. The van der Waals surface area contributed by atoms with Crippen LogP contribution in [0.1, 0.15) is 76.7 Å². The van der Waals surface area contributed by atoms with Crippen molar-refractivity contribution in [3.05, 3.63) is 54.4 Å². The second-order valence-electron chi connectivity index (χ2n) is 8.51. The summed E-state index contributed by atoms with van der Waals surface area (Å²) < 4.78 is 11.2. The summed E-state index contributed by atoms with van der Waals surface area (Å²) in [6, 6.07) is 8.51. The van der Waals surface area contributed by atoms with Gasteiger partial charge in [-0.05, 0) is 50.5 Å². The molecule has 0 aliphatic heterocycles. The second-order valence-corrected chi connectivity index (χ2v) is 8.51. The van der Waals surface area contributed by atoms with E-state index in [2.05, 4.69) is 41.2 Å². The van der Waals surface area contributed by atoms with Gasteiger partial charge in [0.25, 0.3) is 0 Å². The van der Waals surface area contributed by atoms with Crippen LogP contribution in [0.25, 0.3) is 11.4 Å². The minimum Gasteiger partial charge on any atom is -0.490 e. The quantitative estimate of drug-likeness (QED) is 0.184. The smallest absolute Gasteiger partial charge is 0.327 e. The molecule has 1 N–H and O–H groups in total. The number of carboxylic acid groups (broad SMARTS) is 1. The van der Waals surface area contributed by atoms with Crippen molar-refractivity contribution in [3.63, 3.8) is 0 Å². The molecule has 2 rings (SSSR count). The van der Waals surface area contributed by atoms with Crippen molar-refractivity contribution in [2.24, 2.45) is 0 Å². The van der Waals surface area contributed by atoms with Gasteiger partial charge in [0.1, 0.15) is 0 Å². The van der Waals surface area contributed by atoms with E-state index < -0.39 is 5.97 Å². The lowest BCUT2D eigenvalue weighted by atomic mass is 10.0. The maximum atomic E-state index is 10.4. The summed E-state index contributed by atoms with van der Waals surface area (Å²) in [5.74, 6) is 0.551. The summed E-state index contributed by atoms with van der Waals surface area (Å²) in [7, 11) is 0. The highest BCUT2D eigenvalue weighted by atomic mass is 16.5. The van der Waals surface area contributed by atoms with Crippen LogP contribution in [0.5, 0.6) is 5.75 Å². The number of aryl methyl sites for hydroxylation is 1. The van der Waals surface area contributed by atoms with E-state index in [1.807, 2.05) is 0 Å². The van der Waals surface area contributed by atoms with E-state index in [9.17, 15) is 4.79 Å². The third-order valence-electron chi connectivity index (χ3n) is 5.49. The summed E-state index contributed by atoms with van der Waals surface area (Å²) in [5, 5.41) is 8.55. The van der Waals surface area contributed by atoms with Gasteiger partial charge in [-0.15, -0.1) is 0 Å². The first-order valence-electron chi connectivity index (χ1n) is 12.7. The van der Waals surface area contributed by atoms with Gasteiger partial charge in [0.05, 0.1) is 19.0 Å². The standard InChI is InChI=1S/C28H40N2O4/c1-2-19-33-20-11-12-21-34-26-22-29-28(30-23-26)25-17-15-24(16-18-25)13-9-7-5-3-4-6-8-10-14-27(31)32/h10,14-18,22-23H,2-9,11-13,19-21H2,1H3,(H,31,32)/b14-10+. The Kier molecular flexibility index (Phi) is 14.3. The Morgan fingerprint density at radius 2 is 1.56 bits per heavy atom. The maximum absolute atomic E-state index is 10.4. The Bertz CT molecular complexity index is 819. The zero-order valence-electron chi connectivity index (χ0n) is 20.6. The van der Waals surface area contributed by atoms with Gasteiger partial charge in [-0.3, -0.25) is 0 Å². The lowest BCUT2D eigenvalue weighted by Crippen LogP contribution is -2.02. The molecular weight excluding hydrogens is 428 g/mol. The van der Waals surface area contributed by atoms with Crippen LogP contribution in [0.4, 0.5) is 0 Å². The molecule has 0 saturated heterocycles. The largest absolute Gasteiger partial charge is 0.490 e. The normalized spacial score (nSPS) is 11.2. The minimum absolute atomic E-state index is 0.650. The number of benzene rings is 1. The number of aliphatic carboxylic acids is 1. The molecule has 0 saturated carbocycles. The zero-order chi connectivity index (χ0) is 24.3. The highest BCUT2D eigenvalue weighted by Crippen LogP contribution is 2.19. The third-order valence-corrected chi connectivity index (χ3v) is 5.49. The van der Waals surface area contributed by atoms with Crippen molar-refractivity contribution in [2.45, 2.75) is 77.6 Å². The number of carboxylic acids is 1. The molecule has 2 aromatic rings. The van der Waals surface area contributed by atoms with Crippen LogP contribution in [0.3, 0.4) is 0 Å². The molecule has 1 aromatic carbocycles. The van der Waals surface area contributed by atoms with Crippen LogP contribution in [-0.4, -0.2) is 40.9 Å². The Labute approximate surface area is 204 Å². The molecule has 0 radical (unpaired) electrons. The topological polar surface area (TPSA) is 81.5 Å². The van der Waals surface area contributed by atoms with E-state index in [0.717, 1.165) is 63.7 Å². The van der Waals surface area contributed by atoms with Crippen LogP contribution in [0.15, 0.2) is 48.8 Å². The molecule has 6 heteroatoms. The number of aromatic nitrogens is 2. The van der Waals surface area contributed by atoms with Gasteiger partial charge in [-0.25, -0.2) is 14.8 Å². The van der Waals surface area contributed by atoms with Crippen molar-refractivity contribution >= 4 is 5.97 Å². The maximum Gasteiger partial charge on any atom is 0.327 e.